The second-order valence-corrected chi connectivity index (χ2v) is 9.05. The van der Waals surface area contributed by atoms with Crippen LogP contribution in [0.2, 0.25) is 0 Å². The molecular weight excluding hydrogens is 448 g/mol. The molecule has 178 valence electrons. The van der Waals surface area contributed by atoms with Gasteiger partial charge in [-0.2, -0.15) is 0 Å². The number of anilines is 2. The largest absolute Gasteiger partial charge is 0.326 e. The number of hydrogen-bond acceptors (Lipinski definition) is 2. The van der Waals surface area contributed by atoms with Crippen LogP contribution in [0.1, 0.15) is 11.1 Å². The fraction of sp³-hybridized carbons (Fsp3) is 0.133. The van der Waals surface area contributed by atoms with E-state index in [1.54, 1.807) is 0 Å². The number of rotatable bonds is 6. The van der Waals surface area contributed by atoms with Crippen LogP contribution >= 0.6 is 0 Å². The Bertz CT molecular complexity index is 1470. The van der Waals surface area contributed by atoms with Crippen LogP contribution in [0.3, 0.4) is 0 Å². The van der Waals surface area contributed by atoms with Gasteiger partial charge in [0.25, 0.3) is 0 Å². The number of pyridine rings is 2. The van der Waals surface area contributed by atoms with Gasteiger partial charge >= 0.3 is 0 Å². The highest BCUT2D eigenvalue weighted by molar-refractivity contribution is 5.95. The molecule has 0 saturated heterocycles. The number of benzene rings is 3. The summed E-state index contributed by atoms with van der Waals surface area (Å²) in [6.45, 7) is 0. The van der Waals surface area contributed by atoms with Gasteiger partial charge in [-0.3, -0.25) is 9.59 Å². The number of nitrogens with zero attached hydrogens (tertiary/aromatic N) is 2. The van der Waals surface area contributed by atoms with E-state index in [1.807, 2.05) is 121 Å². The van der Waals surface area contributed by atoms with Gasteiger partial charge in [-0.25, -0.2) is 9.13 Å². The maximum atomic E-state index is 12.6. The number of carbonyl (C=O) groups is 2. The predicted octanol–water partition coefficient (Wildman–Crippen LogP) is 4.00. The topological polar surface area (TPSA) is 66.0 Å². The van der Waals surface area contributed by atoms with Crippen LogP contribution in [0, 0.1) is 0 Å². The van der Waals surface area contributed by atoms with E-state index in [9.17, 15) is 9.59 Å². The molecule has 3 aromatic carbocycles. The molecule has 36 heavy (non-hydrogen) atoms. The average molecular weight is 477 g/mol. The first-order valence-electron chi connectivity index (χ1n) is 11.9. The highest BCUT2D eigenvalue weighted by Crippen LogP contribution is 2.18. The molecule has 6 nitrogen and oxygen atoms in total. The Balaban J connectivity index is 1.17. The number of fused-ring (bicyclic) bond motifs is 2. The summed E-state index contributed by atoms with van der Waals surface area (Å²) < 4.78 is 4.09. The Labute approximate surface area is 209 Å². The molecule has 0 aliphatic heterocycles. The van der Waals surface area contributed by atoms with Crippen molar-refractivity contribution >= 4 is 45.0 Å². The summed E-state index contributed by atoms with van der Waals surface area (Å²) >= 11 is 0. The average Bonchev–Trinajstić information content (AvgIpc) is 2.85. The molecule has 0 fully saturated rings. The van der Waals surface area contributed by atoms with E-state index in [-0.39, 0.29) is 24.7 Å². The van der Waals surface area contributed by atoms with Crippen molar-refractivity contribution in [1.29, 1.82) is 0 Å². The summed E-state index contributed by atoms with van der Waals surface area (Å²) in [7, 11) is 3.99. The Hall–Kier alpha value is -4.58. The van der Waals surface area contributed by atoms with Gasteiger partial charge in [-0.05, 0) is 47.5 Å². The van der Waals surface area contributed by atoms with Crippen molar-refractivity contribution in [2.75, 3.05) is 10.6 Å². The van der Waals surface area contributed by atoms with Crippen molar-refractivity contribution in [1.82, 2.24) is 0 Å². The Morgan fingerprint density at radius 3 is 1.44 bits per heavy atom. The van der Waals surface area contributed by atoms with E-state index >= 15 is 0 Å². The molecule has 2 N–H and O–H groups in total. The lowest BCUT2D eigenvalue weighted by atomic mass is 10.1. The van der Waals surface area contributed by atoms with Crippen molar-refractivity contribution in [3.8, 4) is 0 Å². The Morgan fingerprint density at radius 2 is 1.03 bits per heavy atom. The number of amides is 2. The SMILES string of the molecule is C[n+]1cccc2cc(NC(=O)Cc3ccc(CC(=O)Nc4ccc5c(ccc[n+]5C)c4)cc3)ccc21. The van der Waals surface area contributed by atoms with E-state index in [4.69, 9.17) is 0 Å². The fourth-order valence-electron chi connectivity index (χ4n) is 4.44. The van der Waals surface area contributed by atoms with Crippen molar-refractivity contribution in [3.63, 3.8) is 0 Å². The van der Waals surface area contributed by atoms with Gasteiger partial charge in [0.2, 0.25) is 22.8 Å². The lowest BCUT2D eigenvalue weighted by molar-refractivity contribution is -0.645. The molecule has 2 aromatic heterocycles. The van der Waals surface area contributed by atoms with Gasteiger partial charge in [0.05, 0.1) is 12.8 Å². The molecule has 0 saturated carbocycles. The second-order valence-electron chi connectivity index (χ2n) is 9.05. The zero-order valence-electron chi connectivity index (χ0n) is 20.4. The van der Waals surface area contributed by atoms with Gasteiger partial charge in [0.15, 0.2) is 12.4 Å². The lowest BCUT2D eigenvalue weighted by Crippen LogP contribution is -2.27. The van der Waals surface area contributed by atoms with Crippen molar-refractivity contribution < 1.29 is 18.7 Å². The van der Waals surface area contributed by atoms with Crippen LogP contribution < -0.4 is 19.8 Å². The van der Waals surface area contributed by atoms with Crippen molar-refractivity contribution in [2.24, 2.45) is 14.1 Å². The van der Waals surface area contributed by atoms with Crippen LogP contribution in [-0.4, -0.2) is 11.8 Å². The van der Waals surface area contributed by atoms with E-state index in [2.05, 4.69) is 10.6 Å². The zero-order valence-corrected chi connectivity index (χ0v) is 20.4. The normalized spacial score (nSPS) is 10.9. The highest BCUT2D eigenvalue weighted by atomic mass is 16.2. The summed E-state index contributed by atoms with van der Waals surface area (Å²) in [4.78, 5) is 25.2. The first kappa shape index (κ1) is 23.2. The van der Waals surface area contributed by atoms with Crippen LogP contribution in [0.15, 0.2) is 97.3 Å². The quantitative estimate of drug-likeness (QED) is 0.364. The summed E-state index contributed by atoms with van der Waals surface area (Å²) in [5, 5.41) is 8.09. The zero-order chi connectivity index (χ0) is 25.1. The third-order valence-electron chi connectivity index (χ3n) is 6.31. The summed E-state index contributed by atoms with van der Waals surface area (Å²) in [5.74, 6) is -0.158. The van der Waals surface area contributed by atoms with Crippen molar-refractivity contribution in [3.05, 3.63) is 108 Å². The third kappa shape index (κ3) is 5.23. The van der Waals surface area contributed by atoms with E-state index in [0.717, 1.165) is 44.3 Å². The van der Waals surface area contributed by atoms with Crippen LogP contribution in [-0.2, 0) is 36.5 Å². The molecule has 0 bridgehead atoms. The Morgan fingerprint density at radius 1 is 0.611 bits per heavy atom. The maximum absolute atomic E-state index is 12.6. The van der Waals surface area contributed by atoms with Crippen LogP contribution in [0.4, 0.5) is 11.4 Å². The predicted molar refractivity (Wildman–Crippen MR) is 141 cm³/mol. The van der Waals surface area contributed by atoms with Gasteiger partial charge < -0.3 is 10.6 Å². The minimum atomic E-state index is -0.0788. The van der Waals surface area contributed by atoms with Gasteiger partial charge in [-0.1, -0.05) is 24.3 Å². The third-order valence-corrected chi connectivity index (χ3v) is 6.31. The first-order valence-corrected chi connectivity index (χ1v) is 11.9. The molecular formula is C30H28N4O2+2. The standard InChI is InChI=1S/C30H26N4O2/c1-33-15-3-5-23-19-25(11-13-27(23)33)31-29(35)17-21-7-9-22(10-8-21)18-30(36)32-26-12-14-28-24(20-26)6-4-16-34(28)2/h3-16,19-20H,17-18H2,1-2H3/p+2. The molecule has 6 heteroatoms. The molecule has 0 unspecified atom stereocenters. The Kier molecular flexibility index (Phi) is 6.41. The number of carbonyl (C=O) groups excluding carboxylic acids is 2. The monoisotopic (exact) mass is 476 g/mol. The number of hydrogen-bond donors (Lipinski definition) is 2. The van der Waals surface area contributed by atoms with Crippen molar-refractivity contribution in [2.45, 2.75) is 12.8 Å². The molecule has 0 aliphatic carbocycles. The first-order chi connectivity index (χ1) is 17.4. The van der Waals surface area contributed by atoms with Crippen LogP contribution in [0.5, 0.6) is 0 Å². The smallest absolute Gasteiger partial charge is 0.228 e. The number of aromatic nitrogens is 2. The number of nitrogens with one attached hydrogen (secondary N) is 2. The van der Waals surface area contributed by atoms with Crippen LogP contribution in [0.25, 0.3) is 21.8 Å². The van der Waals surface area contributed by atoms with Gasteiger partial charge in [0, 0.05) is 46.4 Å². The summed E-state index contributed by atoms with van der Waals surface area (Å²) in [6, 6.07) is 27.4. The summed E-state index contributed by atoms with van der Waals surface area (Å²) in [6.07, 6.45) is 4.53. The van der Waals surface area contributed by atoms with E-state index in [0.29, 0.717) is 0 Å². The molecule has 0 spiro atoms. The lowest BCUT2D eigenvalue weighted by Gasteiger charge is -2.08. The molecule has 0 radical (unpaired) electrons. The molecule has 2 amide bonds. The maximum Gasteiger partial charge on any atom is 0.228 e. The minimum Gasteiger partial charge on any atom is -0.326 e. The molecule has 0 aliphatic rings. The second kappa shape index (κ2) is 9.96. The number of aryl methyl sites for hydroxylation is 2. The molecule has 5 rings (SSSR count). The minimum absolute atomic E-state index is 0.0788. The van der Waals surface area contributed by atoms with Gasteiger partial charge in [-0.15, -0.1) is 0 Å². The highest BCUT2D eigenvalue weighted by Gasteiger charge is 2.10. The van der Waals surface area contributed by atoms with E-state index in [1.165, 1.54) is 0 Å². The van der Waals surface area contributed by atoms with E-state index < -0.39 is 0 Å². The molecule has 0 atom stereocenters. The summed E-state index contributed by atoms with van der Waals surface area (Å²) in [5.41, 5.74) is 5.54. The van der Waals surface area contributed by atoms with Gasteiger partial charge in [0.1, 0.15) is 14.1 Å². The fourth-order valence-corrected chi connectivity index (χ4v) is 4.44. The molecule has 2 heterocycles. The molecule has 5 aromatic rings.